The van der Waals surface area contributed by atoms with Crippen LogP contribution in [0.15, 0.2) is 0 Å². The molecule has 0 aromatic heterocycles. The Morgan fingerprint density at radius 2 is 1.86 bits per heavy atom. The Kier molecular flexibility index (Phi) is 4.70. The molecule has 0 aromatic rings. The van der Waals surface area contributed by atoms with Crippen molar-refractivity contribution in [2.75, 3.05) is 19.7 Å². The van der Waals surface area contributed by atoms with E-state index in [0.29, 0.717) is 13.0 Å². The number of carboxylic acids is 1. The molecule has 126 valence electrons. The van der Waals surface area contributed by atoms with Gasteiger partial charge in [-0.05, 0) is 12.3 Å². The maximum atomic E-state index is 13.0. The summed E-state index contributed by atoms with van der Waals surface area (Å²) < 4.78 is 44.4. The van der Waals surface area contributed by atoms with Gasteiger partial charge in [0.15, 0.2) is 0 Å². The van der Waals surface area contributed by atoms with Crippen LogP contribution in [0, 0.1) is 23.7 Å². The van der Waals surface area contributed by atoms with Gasteiger partial charge in [0.2, 0.25) is 5.91 Å². The molecule has 0 aromatic carbocycles. The van der Waals surface area contributed by atoms with Gasteiger partial charge >= 0.3 is 12.1 Å². The standard InChI is InChI=1S/C14H20F3NO4/c1-7(2)11-8(3-4-22-11)12(19)18-5-9(13(20)21)10(6-18)14(15,16)17/h7-11H,3-6H2,1-2H3,(H,20,21)/t8?,9-,10-,11?/m1/s1. The Balaban J connectivity index is 2.13. The average molecular weight is 323 g/mol. The van der Waals surface area contributed by atoms with E-state index in [1.807, 2.05) is 13.8 Å². The van der Waals surface area contributed by atoms with Gasteiger partial charge in [-0.15, -0.1) is 0 Å². The topological polar surface area (TPSA) is 66.8 Å². The lowest BCUT2D eigenvalue weighted by molar-refractivity contribution is -0.188. The number of alkyl halides is 3. The van der Waals surface area contributed by atoms with Crippen molar-refractivity contribution in [1.82, 2.24) is 4.90 Å². The van der Waals surface area contributed by atoms with Crippen LogP contribution >= 0.6 is 0 Å². The molecule has 2 fully saturated rings. The van der Waals surface area contributed by atoms with E-state index < -0.39 is 42.4 Å². The zero-order chi connectivity index (χ0) is 16.7. The highest BCUT2D eigenvalue weighted by Crippen LogP contribution is 2.39. The highest BCUT2D eigenvalue weighted by atomic mass is 19.4. The summed E-state index contributed by atoms with van der Waals surface area (Å²) in [4.78, 5) is 24.6. The van der Waals surface area contributed by atoms with Gasteiger partial charge in [0, 0.05) is 19.7 Å². The van der Waals surface area contributed by atoms with E-state index >= 15 is 0 Å². The summed E-state index contributed by atoms with van der Waals surface area (Å²) in [6.07, 6.45) is -4.48. The first-order valence-electron chi connectivity index (χ1n) is 7.32. The molecule has 0 bridgehead atoms. The maximum absolute atomic E-state index is 13.0. The van der Waals surface area contributed by atoms with E-state index in [4.69, 9.17) is 9.84 Å². The molecular formula is C14H20F3NO4. The van der Waals surface area contributed by atoms with Crippen molar-refractivity contribution in [3.05, 3.63) is 0 Å². The third-order valence-corrected chi connectivity index (χ3v) is 4.48. The second-order valence-corrected chi connectivity index (χ2v) is 6.31. The molecule has 8 heteroatoms. The van der Waals surface area contributed by atoms with E-state index in [2.05, 4.69) is 0 Å². The number of amides is 1. The van der Waals surface area contributed by atoms with E-state index in [0.717, 1.165) is 4.90 Å². The molecule has 2 aliphatic rings. The quantitative estimate of drug-likeness (QED) is 0.859. The molecule has 0 spiro atoms. The van der Waals surface area contributed by atoms with Crippen LogP contribution in [0.4, 0.5) is 13.2 Å². The highest BCUT2D eigenvalue weighted by Gasteiger charge is 2.54. The van der Waals surface area contributed by atoms with Gasteiger partial charge in [0.25, 0.3) is 0 Å². The number of halogens is 3. The molecule has 0 aliphatic carbocycles. The van der Waals surface area contributed by atoms with Gasteiger partial charge in [0.1, 0.15) is 0 Å². The minimum atomic E-state index is -4.62. The Morgan fingerprint density at radius 3 is 2.32 bits per heavy atom. The first-order chi connectivity index (χ1) is 10.1. The first-order valence-corrected chi connectivity index (χ1v) is 7.32. The molecule has 1 N–H and O–H groups in total. The lowest BCUT2D eigenvalue weighted by Gasteiger charge is -2.26. The number of hydrogen-bond donors (Lipinski definition) is 1. The highest BCUT2D eigenvalue weighted by molar-refractivity contribution is 5.81. The van der Waals surface area contributed by atoms with Crippen molar-refractivity contribution in [3.8, 4) is 0 Å². The maximum Gasteiger partial charge on any atom is 0.394 e. The van der Waals surface area contributed by atoms with Crippen LogP contribution < -0.4 is 0 Å². The van der Waals surface area contributed by atoms with Gasteiger partial charge < -0.3 is 14.7 Å². The number of carbonyl (C=O) groups excluding carboxylic acids is 1. The molecule has 0 saturated carbocycles. The lowest BCUT2D eigenvalue weighted by Crippen LogP contribution is -2.40. The molecular weight excluding hydrogens is 303 g/mol. The largest absolute Gasteiger partial charge is 0.481 e. The summed E-state index contributed by atoms with van der Waals surface area (Å²) >= 11 is 0. The Bertz CT molecular complexity index is 452. The Morgan fingerprint density at radius 1 is 1.23 bits per heavy atom. The SMILES string of the molecule is CC(C)C1OCCC1C(=O)N1C[C@@H](C(F)(F)F)[C@H](C(=O)O)C1. The van der Waals surface area contributed by atoms with Crippen molar-refractivity contribution < 1.29 is 32.6 Å². The molecule has 1 amide bonds. The monoisotopic (exact) mass is 323 g/mol. The Hall–Kier alpha value is -1.31. The summed E-state index contributed by atoms with van der Waals surface area (Å²) in [6, 6.07) is 0. The van der Waals surface area contributed by atoms with Gasteiger partial charge in [0.05, 0.1) is 23.9 Å². The molecule has 0 radical (unpaired) electrons. The molecule has 2 saturated heterocycles. The van der Waals surface area contributed by atoms with Crippen molar-refractivity contribution in [2.45, 2.75) is 32.5 Å². The minimum Gasteiger partial charge on any atom is -0.481 e. The molecule has 22 heavy (non-hydrogen) atoms. The Labute approximate surface area is 126 Å². The summed E-state index contributed by atoms with van der Waals surface area (Å²) in [5.74, 6) is -5.94. The van der Waals surface area contributed by atoms with Crippen molar-refractivity contribution in [3.63, 3.8) is 0 Å². The van der Waals surface area contributed by atoms with Crippen LogP contribution in [-0.2, 0) is 14.3 Å². The number of aliphatic carboxylic acids is 1. The van der Waals surface area contributed by atoms with Crippen LogP contribution in [0.2, 0.25) is 0 Å². The molecule has 2 aliphatic heterocycles. The minimum absolute atomic E-state index is 0.0766. The normalized spacial score (nSPS) is 32.7. The molecule has 5 nitrogen and oxygen atoms in total. The number of likely N-dealkylation sites (tertiary alicyclic amines) is 1. The van der Waals surface area contributed by atoms with Crippen LogP contribution in [0.1, 0.15) is 20.3 Å². The van der Waals surface area contributed by atoms with Gasteiger partial charge in [-0.25, -0.2) is 0 Å². The van der Waals surface area contributed by atoms with Gasteiger partial charge in [-0.3, -0.25) is 9.59 Å². The fourth-order valence-corrected chi connectivity index (χ4v) is 3.33. The van der Waals surface area contributed by atoms with Crippen molar-refractivity contribution >= 4 is 11.9 Å². The zero-order valence-electron chi connectivity index (χ0n) is 12.5. The number of carboxylic acid groups (broad SMARTS) is 1. The van der Waals surface area contributed by atoms with E-state index in [1.165, 1.54) is 0 Å². The van der Waals surface area contributed by atoms with Crippen molar-refractivity contribution in [2.24, 2.45) is 23.7 Å². The number of nitrogens with zero attached hydrogens (tertiary/aromatic N) is 1. The summed E-state index contributed by atoms with van der Waals surface area (Å²) in [7, 11) is 0. The summed E-state index contributed by atoms with van der Waals surface area (Å²) in [5, 5.41) is 8.99. The van der Waals surface area contributed by atoms with E-state index in [1.54, 1.807) is 0 Å². The second-order valence-electron chi connectivity index (χ2n) is 6.31. The number of rotatable bonds is 3. The third kappa shape index (κ3) is 3.21. The van der Waals surface area contributed by atoms with Crippen LogP contribution in [0.5, 0.6) is 0 Å². The fourth-order valence-electron chi connectivity index (χ4n) is 3.33. The van der Waals surface area contributed by atoms with Crippen LogP contribution in [-0.4, -0.2) is 53.9 Å². The van der Waals surface area contributed by atoms with E-state index in [-0.39, 0.29) is 18.6 Å². The van der Waals surface area contributed by atoms with Gasteiger partial charge in [-0.1, -0.05) is 13.8 Å². The zero-order valence-corrected chi connectivity index (χ0v) is 12.5. The van der Waals surface area contributed by atoms with Crippen LogP contribution in [0.25, 0.3) is 0 Å². The first kappa shape index (κ1) is 17.1. The van der Waals surface area contributed by atoms with E-state index in [9.17, 15) is 22.8 Å². The molecule has 2 unspecified atom stereocenters. The predicted molar refractivity (Wildman–Crippen MR) is 69.9 cm³/mol. The predicted octanol–water partition coefficient (Wildman–Crippen LogP) is 1.77. The fraction of sp³-hybridized carbons (Fsp3) is 0.857. The second kappa shape index (κ2) is 6.06. The summed E-state index contributed by atoms with van der Waals surface area (Å²) in [6.45, 7) is 3.20. The number of hydrogen-bond acceptors (Lipinski definition) is 3. The molecule has 2 rings (SSSR count). The number of ether oxygens (including phenoxy) is 1. The molecule has 4 atom stereocenters. The van der Waals surface area contributed by atoms with Crippen LogP contribution in [0.3, 0.4) is 0 Å². The smallest absolute Gasteiger partial charge is 0.394 e. The number of carbonyl (C=O) groups is 2. The average Bonchev–Trinajstić information content (AvgIpc) is 3.04. The lowest BCUT2D eigenvalue weighted by atomic mass is 9.92. The summed E-state index contributed by atoms with van der Waals surface area (Å²) in [5.41, 5.74) is 0. The third-order valence-electron chi connectivity index (χ3n) is 4.48. The van der Waals surface area contributed by atoms with Crippen molar-refractivity contribution in [1.29, 1.82) is 0 Å². The van der Waals surface area contributed by atoms with Gasteiger partial charge in [-0.2, -0.15) is 13.2 Å². The molecule has 2 heterocycles.